The molecule has 1 aliphatic heterocycles. The Kier molecular flexibility index (Phi) is 7.85. The summed E-state index contributed by atoms with van der Waals surface area (Å²) in [6, 6.07) is 9.79. The molecular formula is C25H30BNO4. The third-order valence-corrected chi connectivity index (χ3v) is 5.46. The van der Waals surface area contributed by atoms with Gasteiger partial charge < -0.3 is 19.5 Å². The molecular weight excluding hydrogens is 389 g/mol. The van der Waals surface area contributed by atoms with Gasteiger partial charge in [0.2, 0.25) is 0 Å². The summed E-state index contributed by atoms with van der Waals surface area (Å²) in [7, 11) is 0.830. The maximum Gasteiger partial charge on any atom is 0.458 e. The van der Waals surface area contributed by atoms with Crippen molar-refractivity contribution in [2.24, 2.45) is 0 Å². The number of aromatic hydroxyl groups is 1. The van der Waals surface area contributed by atoms with Crippen molar-refractivity contribution in [2.45, 2.75) is 39.1 Å². The Hall–Kier alpha value is -2.67. The van der Waals surface area contributed by atoms with Crippen molar-refractivity contribution < 1.29 is 19.5 Å². The van der Waals surface area contributed by atoms with Crippen LogP contribution >= 0.6 is 0 Å². The van der Waals surface area contributed by atoms with Gasteiger partial charge in [-0.2, -0.15) is 0 Å². The van der Waals surface area contributed by atoms with Crippen LogP contribution in [0.1, 0.15) is 35.2 Å². The van der Waals surface area contributed by atoms with E-state index in [2.05, 4.69) is 17.6 Å². The number of ether oxygens (including phenoxy) is 1. The molecule has 1 aliphatic rings. The van der Waals surface area contributed by atoms with Crippen LogP contribution in [0.25, 0.3) is 11.6 Å². The average molecular weight is 419 g/mol. The number of pyridine rings is 1. The highest BCUT2D eigenvalue weighted by Gasteiger charge is 2.28. The van der Waals surface area contributed by atoms with Gasteiger partial charge in [-0.25, -0.2) is 0 Å². The van der Waals surface area contributed by atoms with Crippen LogP contribution in [-0.4, -0.2) is 42.1 Å². The van der Waals surface area contributed by atoms with E-state index in [1.807, 2.05) is 50.3 Å². The van der Waals surface area contributed by atoms with E-state index in [-0.39, 0.29) is 6.10 Å². The highest BCUT2D eigenvalue weighted by molar-refractivity contribution is 6.43. The minimum absolute atomic E-state index is 0.262. The van der Waals surface area contributed by atoms with Crippen molar-refractivity contribution in [3.8, 4) is 5.75 Å². The van der Waals surface area contributed by atoms with Gasteiger partial charge in [0.1, 0.15) is 5.75 Å². The van der Waals surface area contributed by atoms with Crippen LogP contribution in [0.3, 0.4) is 0 Å². The molecule has 0 saturated carbocycles. The van der Waals surface area contributed by atoms with E-state index in [1.165, 1.54) is 0 Å². The minimum Gasteiger partial charge on any atom is -0.507 e. The first-order chi connectivity index (χ1) is 14.9. The van der Waals surface area contributed by atoms with Gasteiger partial charge in [-0.15, -0.1) is 0 Å². The van der Waals surface area contributed by atoms with Gasteiger partial charge in [-0.3, -0.25) is 4.98 Å². The van der Waals surface area contributed by atoms with Crippen molar-refractivity contribution >= 4 is 18.8 Å². The van der Waals surface area contributed by atoms with Gasteiger partial charge in [0.05, 0.1) is 18.4 Å². The highest BCUT2D eigenvalue weighted by Crippen LogP contribution is 2.31. The fourth-order valence-corrected chi connectivity index (χ4v) is 3.92. The number of rotatable bonds is 8. The maximum atomic E-state index is 10.1. The van der Waals surface area contributed by atoms with Crippen LogP contribution in [0.5, 0.6) is 5.75 Å². The number of benzene rings is 1. The summed E-state index contributed by atoms with van der Waals surface area (Å²) in [4.78, 5) is 4.54. The molecule has 0 spiro atoms. The first-order valence-electron chi connectivity index (χ1n) is 10.5. The molecule has 2 heterocycles. The average Bonchev–Trinajstić information content (AvgIpc) is 2.75. The number of nitrogens with zero attached hydrogens (tertiary/aromatic N) is 1. The molecule has 1 unspecified atom stereocenters. The number of aryl methyl sites for hydroxylation is 2. The molecule has 5 nitrogen and oxygen atoms in total. The molecule has 1 aromatic heterocycles. The Morgan fingerprint density at radius 3 is 2.71 bits per heavy atom. The van der Waals surface area contributed by atoms with Gasteiger partial charge in [0.25, 0.3) is 0 Å². The third-order valence-electron chi connectivity index (χ3n) is 5.46. The van der Waals surface area contributed by atoms with Gasteiger partial charge in [-0.05, 0) is 90.4 Å². The van der Waals surface area contributed by atoms with E-state index >= 15 is 0 Å². The molecule has 0 amide bonds. The number of aromatic nitrogens is 1. The Morgan fingerprint density at radius 2 is 2.06 bits per heavy atom. The molecule has 31 heavy (non-hydrogen) atoms. The molecule has 1 atom stereocenters. The van der Waals surface area contributed by atoms with Gasteiger partial charge in [0, 0.05) is 19.6 Å². The Labute approximate surface area is 184 Å². The van der Waals surface area contributed by atoms with E-state index in [0.29, 0.717) is 31.5 Å². The van der Waals surface area contributed by atoms with E-state index in [4.69, 9.17) is 9.39 Å². The van der Waals surface area contributed by atoms with Crippen molar-refractivity contribution in [3.05, 3.63) is 82.7 Å². The predicted octanol–water partition coefficient (Wildman–Crippen LogP) is 4.73. The topological polar surface area (TPSA) is 71.8 Å². The lowest BCUT2D eigenvalue weighted by Crippen LogP contribution is -2.32. The van der Waals surface area contributed by atoms with Crippen molar-refractivity contribution in [1.29, 1.82) is 0 Å². The first kappa shape index (κ1) is 23.0. The van der Waals surface area contributed by atoms with Crippen LogP contribution in [-0.2, 0) is 9.39 Å². The lowest BCUT2D eigenvalue weighted by Gasteiger charge is -2.28. The quantitative estimate of drug-likeness (QED) is 0.606. The smallest absolute Gasteiger partial charge is 0.458 e. The van der Waals surface area contributed by atoms with E-state index < -0.39 is 7.12 Å². The minimum atomic E-state index is -0.811. The highest BCUT2D eigenvalue weighted by atomic mass is 16.5. The summed E-state index contributed by atoms with van der Waals surface area (Å²) in [5, 5.41) is 20.1. The van der Waals surface area contributed by atoms with E-state index in [9.17, 15) is 10.1 Å². The van der Waals surface area contributed by atoms with Gasteiger partial charge in [0.15, 0.2) is 0 Å². The molecule has 0 bridgehead atoms. The van der Waals surface area contributed by atoms with Crippen LogP contribution in [0, 0.1) is 13.8 Å². The van der Waals surface area contributed by atoms with Crippen LogP contribution in [0.4, 0.5) is 0 Å². The molecule has 0 radical (unpaired) electrons. The molecule has 2 N–H and O–H groups in total. The van der Waals surface area contributed by atoms with Gasteiger partial charge >= 0.3 is 7.12 Å². The van der Waals surface area contributed by atoms with Crippen LogP contribution < -0.4 is 0 Å². The summed E-state index contributed by atoms with van der Waals surface area (Å²) in [6.45, 7) is 8.34. The second kappa shape index (κ2) is 10.6. The maximum absolute atomic E-state index is 10.1. The molecule has 3 rings (SSSR count). The first-order valence-corrected chi connectivity index (χ1v) is 10.5. The molecule has 1 aromatic carbocycles. The SMILES string of the molecule is C=C(COC)C1=CCB(O)OC1CC/C(=C/c1cc(C)c(O)c(C)c1)c1ccccn1. The fourth-order valence-electron chi connectivity index (χ4n) is 3.92. The molecule has 162 valence electrons. The monoisotopic (exact) mass is 419 g/mol. The number of hydrogen-bond acceptors (Lipinski definition) is 5. The largest absolute Gasteiger partial charge is 0.507 e. The molecule has 0 fully saturated rings. The normalized spacial score (nSPS) is 16.9. The summed E-state index contributed by atoms with van der Waals surface area (Å²) in [5.41, 5.74) is 6.50. The third kappa shape index (κ3) is 5.94. The van der Waals surface area contributed by atoms with Crippen LogP contribution in [0.15, 0.2) is 60.3 Å². The Balaban J connectivity index is 1.88. The summed E-state index contributed by atoms with van der Waals surface area (Å²) < 4.78 is 11.1. The molecule has 0 saturated heterocycles. The number of phenolic OH excluding ortho intramolecular Hbond substituents is 1. The number of methoxy groups -OCH3 is 1. The number of phenols is 1. The van der Waals surface area contributed by atoms with Crippen molar-refractivity contribution in [3.63, 3.8) is 0 Å². The van der Waals surface area contributed by atoms with Crippen LogP contribution in [0.2, 0.25) is 6.32 Å². The summed E-state index contributed by atoms with van der Waals surface area (Å²) >= 11 is 0. The lowest BCUT2D eigenvalue weighted by atomic mass is 9.78. The Morgan fingerprint density at radius 1 is 1.32 bits per heavy atom. The van der Waals surface area contributed by atoms with E-state index in [0.717, 1.165) is 39.1 Å². The molecule has 2 aromatic rings. The second-order valence-corrected chi connectivity index (χ2v) is 7.94. The van der Waals surface area contributed by atoms with Gasteiger partial charge in [-0.1, -0.05) is 18.7 Å². The number of allylic oxidation sites excluding steroid dienone is 2. The summed E-state index contributed by atoms with van der Waals surface area (Å²) in [6.07, 6.45) is 7.44. The standard InChI is InChI=1S/C25H30BNO4/c1-17-13-20(14-18(2)25(17)28)15-21(23-7-5-6-12-27-23)8-9-24-22(19(3)16-30-4)10-11-26(29)31-24/h5-7,10,12-15,24,28-29H,3,8-9,11,16H2,1-2,4H3/b21-15-. The fraction of sp³-hybridized carbons (Fsp3) is 0.320. The summed E-state index contributed by atoms with van der Waals surface area (Å²) in [5.74, 6) is 0.326. The van der Waals surface area contributed by atoms with E-state index in [1.54, 1.807) is 13.3 Å². The zero-order valence-electron chi connectivity index (χ0n) is 18.5. The molecule has 6 heteroatoms. The van der Waals surface area contributed by atoms with Crippen molar-refractivity contribution in [2.75, 3.05) is 13.7 Å². The zero-order chi connectivity index (χ0) is 22.4. The van der Waals surface area contributed by atoms with Crippen molar-refractivity contribution in [1.82, 2.24) is 4.98 Å². The second-order valence-electron chi connectivity index (χ2n) is 7.94. The number of hydrogen-bond donors (Lipinski definition) is 2. The Bertz CT molecular complexity index is 961. The molecule has 0 aliphatic carbocycles. The zero-order valence-corrected chi connectivity index (χ0v) is 18.5. The lowest BCUT2D eigenvalue weighted by molar-refractivity contribution is 0.177. The predicted molar refractivity (Wildman–Crippen MR) is 126 cm³/mol.